The van der Waals surface area contributed by atoms with E-state index in [4.69, 9.17) is 4.98 Å². The third-order valence-electron chi connectivity index (χ3n) is 8.71. The molecule has 0 unspecified atom stereocenters. The van der Waals surface area contributed by atoms with Gasteiger partial charge in [0.2, 0.25) is 5.95 Å². The van der Waals surface area contributed by atoms with Crippen molar-refractivity contribution in [3.05, 3.63) is 75.9 Å². The standard InChI is InChI=1S/C32H34N8OS/c1-20-27(19-34-28(36-20)30-33-13-16-42-30)26-17-23-18-35-32(38-29(23)40(31(26)41)25-5-3-4-6-25)37-24-9-7-21(8-10-24)22-11-14-39(2)15-12-22/h7-10,13,16-19,22,25H,3-6,11-12,14-15H2,1-2H3,(H,35,37,38). The van der Waals surface area contributed by atoms with E-state index in [0.717, 1.165) is 66.1 Å². The first-order chi connectivity index (χ1) is 20.5. The molecular weight excluding hydrogens is 544 g/mol. The Hall–Kier alpha value is -4.02. The summed E-state index contributed by atoms with van der Waals surface area (Å²) in [4.78, 5) is 39.6. The maximum atomic E-state index is 14.1. The van der Waals surface area contributed by atoms with Gasteiger partial charge in [0.1, 0.15) is 5.65 Å². The van der Waals surface area contributed by atoms with Crippen molar-refractivity contribution in [3.8, 4) is 22.0 Å². The van der Waals surface area contributed by atoms with Crippen LogP contribution in [-0.4, -0.2) is 54.5 Å². The molecule has 0 spiro atoms. The molecule has 7 rings (SSSR count). The number of benzene rings is 1. The molecule has 0 radical (unpaired) electrons. The Morgan fingerprint density at radius 2 is 1.71 bits per heavy atom. The van der Waals surface area contributed by atoms with Crippen LogP contribution in [0.1, 0.15) is 61.7 Å². The van der Waals surface area contributed by atoms with E-state index in [2.05, 4.69) is 61.5 Å². The van der Waals surface area contributed by atoms with Gasteiger partial charge in [-0.3, -0.25) is 9.36 Å². The highest BCUT2D eigenvalue weighted by Crippen LogP contribution is 2.33. The first-order valence-electron chi connectivity index (χ1n) is 14.7. The predicted octanol–water partition coefficient (Wildman–Crippen LogP) is 6.35. The summed E-state index contributed by atoms with van der Waals surface area (Å²) in [5, 5.41) is 6.86. The van der Waals surface area contributed by atoms with Gasteiger partial charge in [0.25, 0.3) is 5.56 Å². The van der Waals surface area contributed by atoms with Crippen molar-refractivity contribution in [1.82, 2.24) is 34.4 Å². The molecular formula is C32H34N8OS. The van der Waals surface area contributed by atoms with E-state index in [1.54, 1.807) is 12.4 Å². The average molecular weight is 579 g/mol. The topological polar surface area (TPSA) is 102 Å². The Morgan fingerprint density at radius 3 is 2.43 bits per heavy atom. The summed E-state index contributed by atoms with van der Waals surface area (Å²) in [5.41, 5.74) is 4.96. The fourth-order valence-electron chi connectivity index (χ4n) is 6.35. The lowest BCUT2D eigenvalue weighted by Gasteiger charge is -2.29. The molecule has 0 amide bonds. The van der Waals surface area contributed by atoms with E-state index < -0.39 is 0 Å². The van der Waals surface area contributed by atoms with Crippen molar-refractivity contribution in [2.24, 2.45) is 0 Å². The average Bonchev–Trinajstić information content (AvgIpc) is 3.74. The fraction of sp³-hybridized carbons (Fsp3) is 0.375. The highest BCUT2D eigenvalue weighted by molar-refractivity contribution is 7.13. The number of hydrogen-bond donors (Lipinski definition) is 1. The van der Waals surface area contributed by atoms with Crippen LogP contribution < -0.4 is 10.9 Å². The second-order valence-corrected chi connectivity index (χ2v) is 12.4. The molecule has 5 heterocycles. The summed E-state index contributed by atoms with van der Waals surface area (Å²) in [6.45, 7) is 4.20. The molecule has 1 aliphatic heterocycles. The zero-order valence-electron chi connectivity index (χ0n) is 24.0. The van der Waals surface area contributed by atoms with Crippen LogP contribution in [0, 0.1) is 6.92 Å². The monoisotopic (exact) mass is 578 g/mol. The zero-order valence-corrected chi connectivity index (χ0v) is 24.8. The highest BCUT2D eigenvalue weighted by atomic mass is 32.1. The Balaban J connectivity index is 1.23. The van der Waals surface area contributed by atoms with Crippen LogP contribution in [0.5, 0.6) is 0 Å². The second-order valence-electron chi connectivity index (χ2n) is 11.5. The second kappa shape index (κ2) is 11.3. The van der Waals surface area contributed by atoms with E-state index >= 15 is 0 Å². The molecule has 214 valence electrons. The van der Waals surface area contributed by atoms with Crippen molar-refractivity contribution in [3.63, 3.8) is 0 Å². The SMILES string of the molecule is Cc1nc(-c2nccs2)ncc1-c1cc2cnc(Nc3ccc(C4CCN(C)CC4)cc3)nc2n(C2CCCC2)c1=O. The van der Waals surface area contributed by atoms with Gasteiger partial charge in [-0.05, 0) is 82.4 Å². The Morgan fingerprint density at radius 1 is 0.929 bits per heavy atom. The fourth-order valence-corrected chi connectivity index (χ4v) is 6.93. The summed E-state index contributed by atoms with van der Waals surface area (Å²) in [7, 11) is 2.19. The third-order valence-corrected chi connectivity index (χ3v) is 9.48. The molecule has 4 aromatic heterocycles. The lowest BCUT2D eigenvalue weighted by molar-refractivity contribution is 0.255. The number of rotatable bonds is 6. The number of aromatic nitrogens is 6. The predicted molar refractivity (Wildman–Crippen MR) is 167 cm³/mol. The first kappa shape index (κ1) is 26.9. The molecule has 5 aromatic rings. The van der Waals surface area contributed by atoms with E-state index in [0.29, 0.717) is 28.9 Å². The van der Waals surface area contributed by atoms with Gasteiger partial charge in [0, 0.05) is 52.3 Å². The molecule has 1 aliphatic carbocycles. The number of hydrogen-bond acceptors (Lipinski definition) is 9. The molecule has 0 bridgehead atoms. The maximum Gasteiger partial charge on any atom is 0.260 e. The first-order valence-corrected chi connectivity index (χ1v) is 15.6. The van der Waals surface area contributed by atoms with Crippen molar-refractivity contribution < 1.29 is 0 Å². The number of anilines is 2. The Bertz CT molecular complexity index is 1770. The molecule has 42 heavy (non-hydrogen) atoms. The summed E-state index contributed by atoms with van der Waals surface area (Å²) >= 11 is 1.49. The normalized spacial score (nSPS) is 16.8. The van der Waals surface area contributed by atoms with Gasteiger partial charge >= 0.3 is 0 Å². The number of pyridine rings is 1. The lowest BCUT2D eigenvalue weighted by atomic mass is 9.89. The van der Waals surface area contributed by atoms with Crippen LogP contribution in [0.3, 0.4) is 0 Å². The minimum Gasteiger partial charge on any atom is -0.324 e. The largest absolute Gasteiger partial charge is 0.324 e. The number of likely N-dealkylation sites (tertiary alicyclic amines) is 1. The van der Waals surface area contributed by atoms with Crippen LogP contribution in [-0.2, 0) is 0 Å². The van der Waals surface area contributed by atoms with Gasteiger partial charge < -0.3 is 10.2 Å². The van der Waals surface area contributed by atoms with E-state index in [1.165, 1.54) is 29.7 Å². The molecule has 10 heteroatoms. The van der Waals surface area contributed by atoms with E-state index in [-0.39, 0.29) is 11.6 Å². The summed E-state index contributed by atoms with van der Waals surface area (Å²) in [6, 6.07) is 10.6. The summed E-state index contributed by atoms with van der Waals surface area (Å²) in [5.74, 6) is 1.67. The number of thiazole rings is 1. The van der Waals surface area contributed by atoms with Gasteiger partial charge in [-0.15, -0.1) is 11.3 Å². The van der Waals surface area contributed by atoms with Crippen LogP contribution in [0.2, 0.25) is 0 Å². The Kier molecular flexibility index (Phi) is 7.25. The number of aryl methyl sites for hydroxylation is 1. The minimum atomic E-state index is -0.0600. The molecule has 9 nitrogen and oxygen atoms in total. The molecule has 0 atom stereocenters. The van der Waals surface area contributed by atoms with Crippen molar-refractivity contribution in [2.45, 2.75) is 57.4 Å². The maximum absolute atomic E-state index is 14.1. The van der Waals surface area contributed by atoms with Gasteiger partial charge in [-0.2, -0.15) is 4.98 Å². The number of fused-ring (bicyclic) bond motifs is 1. The zero-order chi connectivity index (χ0) is 28.6. The van der Waals surface area contributed by atoms with Gasteiger partial charge in [0.05, 0.1) is 5.56 Å². The molecule has 2 fully saturated rings. The van der Waals surface area contributed by atoms with Crippen molar-refractivity contribution in [2.75, 3.05) is 25.5 Å². The lowest BCUT2D eigenvalue weighted by Crippen LogP contribution is -2.29. The van der Waals surface area contributed by atoms with Crippen LogP contribution in [0.4, 0.5) is 11.6 Å². The number of nitrogens with zero attached hydrogens (tertiary/aromatic N) is 7. The number of nitrogens with one attached hydrogen (secondary N) is 1. The molecule has 1 N–H and O–H groups in total. The van der Waals surface area contributed by atoms with Crippen LogP contribution >= 0.6 is 11.3 Å². The van der Waals surface area contributed by atoms with Crippen molar-refractivity contribution >= 4 is 34.0 Å². The van der Waals surface area contributed by atoms with Gasteiger partial charge in [-0.1, -0.05) is 25.0 Å². The minimum absolute atomic E-state index is 0.0600. The van der Waals surface area contributed by atoms with E-state index in [1.807, 2.05) is 29.1 Å². The van der Waals surface area contributed by atoms with Crippen molar-refractivity contribution in [1.29, 1.82) is 0 Å². The molecule has 1 saturated heterocycles. The smallest absolute Gasteiger partial charge is 0.260 e. The van der Waals surface area contributed by atoms with Gasteiger partial charge in [-0.25, -0.2) is 19.9 Å². The molecule has 1 aromatic carbocycles. The van der Waals surface area contributed by atoms with E-state index in [9.17, 15) is 4.79 Å². The Labute approximate surface area is 248 Å². The highest BCUT2D eigenvalue weighted by Gasteiger charge is 2.24. The molecule has 1 saturated carbocycles. The quantitative estimate of drug-likeness (QED) is 0.249. The number of piperidine rings is 1. The van der Waals surface area contributed by atoms with Gasteiger partial charge in [0.15, 0.2) is 10.8 Å². The van der Waals surface area contributed by atoms with Crippen LogP contribution in [0.15, 0.2) is 59.1 Å². The molecule has 2 aliphatic rings. The summed E-state index contributed by atoms with van der Waals surface area (Å²) in [6.07, 6.45) is 11.8. The summed E-state index contributed by atoms with van der Waals surface area (Å²) < 4.78 is 1.89. The third kappa shape index (κ3) is 5.20. The van der Waals surface area contributed by atoms with Crippen LogP contribution in [0.25, 0.3) is 33.0 Å².